The fourth-order valence-corrected chi connectivity index (χ4v) is 2.26. The van der Waals surface area contributed by atoms with Gasteiger partial charge in [-0.05, 0) is 42.8 Å². The minimum Gasteiger partial charge on any atom is -0.497 e. The fraction of sp³-hybridized carbons (Fsp3) is 0.263. The summed E-state index contributed by atoms with van der Waals surface area (Å²) in [5.41, 5.74) is 0.520. The molecule has 2 rings (SSSR count). The Morgan fingerprint density at radius 3 is 2.31 bits per heavy atom. The van der Waals surface area contributed by atoms with Crippen LogP contribution in [0.15, 0.2) is 42.5 Å². The molecule has 0 aromatic heterocycles. The maximum absolute atomic E-state index is 12.0. The Balaban J connectivity index is 1.78. The molecule has 0 saturated heterocycles. The Morgan fingerprint density at radius 1 is 1.00 bits per heavy atom. The van der Waals surface area contributed by atoms with Gasteiger partial charge in [-0.3, -0.25) is 4.79 Å². The number of rotatable bonds is 9. The van der Waals surface area contributed by atoms with Crippen LogP contribution in [0.1, 0.15) is 23.2 Å². The Hall–Kier alpha value is -3.22. The Kier molecular flexibility index (Phi) is 6.84. The second-order valence-corrected chi connectivity index (χ2v) is 5.40. The van der Waals surface area contributed by atoms with E-state index in [1.807, 2.05) is 0 Å². The first-order valence-electron chi connectivity index (χ1n) is 8.01. The largest absolute Gasteiger partial charge is 0.497 e. The summed E-state index contributed by atoms with van der Waals surface area (Å²) in [6.45, 7) is 0.404. The number of aromatic carboxylic acids is 1. The summed E-state index contributed by atoms with van der Waals surface area (Å²) in [4.78, 5) is 23.0. The summed E-state index contributed by atoms with van der Waals surface area (Å²) in [7, 11) is 2.98. The third-order valence-corrected chi connectivity index (χ3v) is 3.59. The van der Waals surface area contributed by atoms with Gasteiger partial charge in [0.15, 0.2) is 0 Å². The van der Waals surface area contributed by atoms with E-state index in [1.165, 1.54) is 25.3 Å². The first-order chi connectivity index (χ1) is 12.5. The Morgan fingerprint density at radius 2 is 1.69 bits per heavy atom. The Bertz CT molecular complexity index is 757. The van der Waals surface area contributed by atoms with Gasteiger partial charge in [-0.25, -0.2) is 4.79 Å². The van der Waals surface area contributed by atoms with Gasteiger partial charge in [-0.1, -0.05) is 0 Å². The fourth-order valence-electron chi connectivity index (χ4n) is 2.26. The van der Waals surface area contributed by atoms with E-state index >= 15 is 0 Å². The van der Waals surface area contributed by atoms with Gasteiger partial charge in [-0.2, -0.15) is 0 Å². The van der Waals surface area contributed by atoms with Gasteiger partial charge in [0, 0.05) is 18.2 Å². The molecule has 26 heavy (non-hydrogen) atoms. The van der Waals surface area contributed by atoms with E-state index in [1.54, 1.807) is 31.4 Å². The molecule has 0 saturated carbocycles. The van der Waals surface area contributed by atoms with Crippen molar-refractivity contribution in [3.05, 3.63) is 48.0 Å². The van der Waals surface area contributed by atoms with E-state index in [9.17, 15) is 9.59 Å². The zero-order valence-electron chi connectivity index (χ0n) is 14.7. The van der Waals surface area contributed by atoms with Crippen molar-refractivity contribution in [3.8, 4) is 17.2 Å². The number of nitrogens with one attached hydrogen (secondary N) is 1. The molecule has 2 N–H and O–H groups in total. The Labute approximate surface area is 151 Å². The predicted molar refractivity (Wildman–Crippen MR) is 96.3 cm³/mol. The summed E-state index contributed by atoms with van der Waals surface area (Å²) in [6.07, 6.45) is 0.821. The number of hydrogen-bond donors (Lipinski definition) is 2. The third kappa shape index (κ3) is 5.41. The number of ether oxygens (including phenoxy) is 3. The molecular weight excluding hydrogens is 338 g/mol. The summed E-state index contributed by atoms with van der Waals surface area (Å²) >= 11 is 0. The first-order valence-corrected chi connectivity index (χ1v) is 8.01. The van der Waals surface area contributed by atoms with Crippen molar-refractivity contribution in [1.82, 2.24) is 0 Å². The average Bonchev–Trinajstić information content (AvgIpc) is 2.65. The first kappa shape index (κ1) is 19.1. The van der Waals surface area contributed by atoms with Gasteiger partial charge in [0.25, 0.3) is 0 Å². The smallest absolute Gasteiger partial charge is 0.339 e. The van der Waals surface area contributed by atoms with Gasteiger partial charge < -0.3 is 24.6 Å². The zero-order chi connectivity index (χ0) is 18.9. The third-order valence-electron chi connectivity index (χ3n) is 3.59. The molecule has 0 atom stereocenters. The number of amides is 1. The SMILES string of the molecule is COc1ccc(OCCCC(=O)Nc2ccc(C(=O)O)c(OC)c2)cc1. The topological polar surface area (TPSA) is 94.1 Å². The van der Waals surface area contributed by atoms with E-state index in [4.69, 9.17) is 19.3 Å². The molecule has 138 valence electrons. The molecule has 1 amide bonds. The molecule has 7 nitrogen and oxygen atoms in total. The monoisotopic (exact) mass is 359 g/mol. The van der Waals surface area contributed by atoms with Crippen LogP contribution in [0, 0.1) is 0 Å². The van der Waals surface area contributed by atoms with Gasteiger partial charge in [0.2, 0.25) is 5.91 Å². The highest BCUT2D eigenvalue weighted by Gasteiger charge is 2.12. The van der Waals surface area contributed by atoms with E-state index in [0.717, 1.165) is 5.75 Å². The molecule has 0 spiro atoms. The molecule has 0 unspecified atom stereocenters. The zero-order valence-corrected chi connectivity index (χ0v) is 14.7. The molecule has 0 bridgehead atoms. The summed E-state index contributed by atoms with van der Waals surface area (Å²) in [5.74, 6) is 0.378. The molecule has 2 aromatic rings. The lowest BCUT2D eigenvalue weighted by atomic mass is 10.1. The highest BCUT2D eigenvalue weighted by Crippen LogP contribution is 2.23. The number of carbonyl (C=O) groups is 2. The number of carboxylic acids is 1. The van der Waals surface area contributed by atoms with Crippen molar-refractivity contribution in [2.24, 2.45) is 0 Å². The van der Waals surface area contributed by atoms with Crippen LogP contribution in [0.25, 0.3) is 0 Å². The van der Waals surface area contributed by atoms with Crippen LogP contribution in [0.3, 0.4) is 0 Å². The number of hydrogen-bond acceptors (Lipinski definition) is 5. The van der Waals surface area contributed by atoms with Crippen LogP contribution in [-0.4, -0.2) is 37.8 Å². The molecule has 0 radical (unpaired) electrons. The van der Waals surface area contributed by atoms with Crippen molar-refractivity contribution in [2.45, 2.75) is 12.8 Å². The van der Waals surface area contributed by atoms with Crippen LogP contribution >= 0.6 is 0 Å². The van der Waals surface area contributed by atoms with Crippen molar-refractivity contribution < 1.29 is 28.9 Å². The van der Waals surface area contributed by atoms with Gasteiger partial charge >= 0.3 is 5.97 Å². The molecule has 2 aromatic carbocycles. The minimum absolute atomic E-state index is 0.0402. The quantitative estimate of drug-likeness (QED) is 0.668. The van der Waals surface area contributed by atoms with Crippen LogP contribution in [0.4, 0.5) is 5.69 Å². The normalized spacial score (nSPS) is 10.1. The summed E-state index contributed by atoms with van der Waals surface area (Å²) in [6, 6.07) is 11.6. The second-order valence-electron chi connectivity index (χ2n) is 5.40. The van der Waals surface area contributed by atoms with Crippen LogP contribution in [0.2, 0.25) is 0 Å². The van der Waals surface area contributed by atoms with Gasteiger partial charge in [0.05, 0.1) is 20.8 Å². The predicted octanol–water partition coefficient (Wildman–Crippen LogP) is 3.20. The highest BCUT2D eigenvalue weighted by molar-refractivity contribution is 5.94. The van der Waals surface area contributed by atoms with Crippen molar-refractivity contribution in [2.75, 3.05) is 26.1 Å². The second kappa shape index (κ2) is 9.31. The molecule has 0 aliphatic heterocycles. The summed E-state index contributed by atoms with van der Waals surface area (Å²) < 4.78 is 15.7. The summed E-state index contributed by atoms with van der Waals surface area (Å²) in [5, 5.41) is 11.8. The van der Waals surface area contributed by atoms with E-state index in [2.05, 4.69) is 5.32 Å². The van der Waals surface area contributed by atoms with Crippen LogP contribution in [0.5, 0.6) is 17.2 Å². The lowest BCUT2D eigenvalue weighted by Gasteiger charge is -2.10. The van der Waals surface area contributed by atoms with Crippen molar-refractivity contribution >= 4 is 17.6 Å². The number of benzene rings is 2. The number of anilines is 1. The molecule has 0 fully saturated rings. The number of carbonyl (C=O) groups excluding carboxylic acids is 1. The highest BCUT2D eigenvalue weighted by atomic mass is 16.5. The minimum atomic E-state index is -1.09. The molecule has 0 aliphatic rings. The number of methoxy groups -OCH3 is 2. The maximum Gasteiger partial charge on any atom is 0.339 e. The lowest BCUT2D eigenvalue weighted by molar-refractivity contribution is -0.116. The molecule has 0 heterocycles. The maximum atomic E-state index is 12.0. The van der Waals surface area contributed by atoms with Gasteiger partial charge in [0.1, 0.15) is 22.8 Å². The molecule has 7 heteroatoms. The van der Waals surface area contributed by atoms with Crippen LogP contribution < -0.4 is 19.5 Å². The van der Waals surface area contributed by atoms with Crippen molar-refractivity contribution in [3.63, 3.8) is 0 Å². The van der Waals surface area contributed by atoms with Crippen LogP contribution in [-0.2, 0) is 4.79 Å². The molecular formula is C19H21NO6. The van der Waals surface area contributed by atoms with E-state index in [0.29, 0.717) is 24.5 Å². The van der Waals surface area contributed by atoms with Gasteiger partial charge in [-0.15, -0.1) is 0 Å². The molecule has 0 aliphatic carbocycles. The van der Waals surface area contributed by atoms with E-state index < -0.39 is 5.97 Å². The lowest BCUT2D eigenvalue weighted by Crippen LogP contribution is -2.13. The standard InChI is InChI=1S/C19H21NO6/c1-24-14-6-8-15(9-7-14)26-11-3-4-18(21)20-13-5-10-16(19(22)23)17(12-13)25-2/h5-10,12H,3-4,11H2,1-2H3,(H,20,21)(H,22,23). The van der Waals surface area contributed by atoms with E-state index in [-0.39, 0.29) is 23.6 Å². The average molecular weight is 359 g/mol. The van der Waals surface area contributed by atoms with Crippen molar-refractivity contribution in [1.29, 1.82) is 0 Å². The number of carboxylic acid groups (broad SMARTS) is 1.